The highest BCUT2D eigenvalue weighted by molar-refractivity contribution is 7.91. The van der Waals surface area contributed by atoms with Gasteiger partial charge in [-0.3, -0.25) is 9.59 Å². The van der Waals surface area contributed by atoms with E-state index in [1.54, 1.807) is 0 Å². The zero-order valence-electron chi connectivity index (χ0n) is 12.3. The number of hydrogen-bond acceptors (Lipinski definition) is 4. The Bertz CT molecular complexity index is 683. The van der Waals surface area contributed by atoms with Gasteiger partial charge < -0.3 is 10.4 Å². The smallest absolute Gasteiger partial charge is 0.308 e. The number of carbonyl (C=O) groups is 2. The Morgan fingerprint density at radius 2 is 2.05 bits per heavy atom. The molecule has 1 aromatic rings. The van der Waals surface area contributed by atoms with Gasteiger partial charge in [-0.25, -0.2) is 8.42 Å². The number of sulfone groups is 1. The molecule has 1 saturated carbocycles. The first-order chi connectivity index (χ1) is 10.3. The van der Waals surface area contributed by atoms with Crippen molar-refractivity contribution in [3.05, 3.63) is 29.8 Å². The lowest BCUT2D eigenvalue weighted by Crippen LogP contribution is -2.40. The molecule has 1 amide bonds. The second-order valence-electron chi connectivity index (χ2n) is 5.39. The molecule has 1 aliphatic carbocycles. The van der Waals surface area contributed by atoms with Crippen LogP contribution in [0.1, 0.15) is 36.5 Å². The van der Waals surface area contributed by atoms with E-state index in [1.165, 1.54) is 31.2 Å². The van der Waals surface area contributed by atoms with Gasteiger partial charge in [-0.1, -0.05) is 19.4 Å². The van der Waals surface area contributed by atoms with Crippen LogP contribution in [0.4, 0.5) is 0 Å². The molecule has 0 heterocycles. The van der Waals surface area contributed by atoms with Gasteiger partial charge in [0, 0.05) is 11.6 Å². The maximum absolute atomic E-state index is 12.2. The molecule has 0 radical (unpaired) electrons. The monoisotopic (exact) mass is 325 g/mol. The summed E-state index contributed by atoms with van der Waals surface area (Å²) in [6, 6.07) is 5.41. The van der Waals surface area contributed by atoms with Crippen molar-refractivity contribution in [2.24, 2.45) is 5.92 Å². The standard InChI is InChI=1S/C15H19NO5S/c1-2-22(20,21)11-6-3-5-10(9-11)14(17)16-13-8-4-7-12(13)15(18)19/h3,5-6,9,12-13H,2,4,7-8H2,1H3,(H,16,17)(H,18,19)/t12-,13+/m0/s1. The molecule has 6 nitrogen and oxygen atoms in total. The van der Waals surface area contributed by atoms with Gasteiger partial charge in [0.15, 0.2) is 9.84 Å². The minimum absolute atomic E-state index is 0.0399. The van der Waals surface area contributed by atoms with Crippen LogP contribution in [0.25, 0.3) is 0 Å². The number of carboxylic acid groups (broad SMARTS) is 1. The molecule has 2 rings (SSSR count). The van der Waals surface area contributed by atoms with Crippen molar-refractivity contribution < 1.29 is 23.1 Å². The fraction of sp³-hybridized carbons (Fsp3) is 0.467. The zero-order valence-corrected chi connectivity index (χ0v) is 13.1. The lowest BCUT2D eigenvalue weighted by molar-refractivity contribution is -0.142. The number of amides is 1. The topological polar surface area (TPSA) is 101 Å². The van der Waals surface area contributed by atoms with Crippen LogP contribution in [0.2, 0.25) is 0 Å². The van der Waals surface area contributed by atoms with Crippen LogP contribution in [-0.4, -0.2) is 37.2 Å². The van der Waals surface area contributed by atoms with E-state index in [1.807, 2.05) is 0 Å². The van der Waals surface area contributed by atoms with Crippen LogP contribution >= 0.6 is 0 Å². The first-order valence-electron chi connectivity index (χ1n) is 7.21. The third-order valence-electron chi connectivity index (χ3n) is 3.99. The van der Waals surface area contributed by atoms with Gasteiger partial charge in [0.05, 0.1) is 16.6 Å². The van der Waals surface area contributed by atoms with Crippen molar-refractivity contribution in [2.45, 2.75) is 37.1 Å². The zero-order chi connectivity index (χ0) is 16.3. The lowest BCUT2D eigenvalue weighted by Gasteiger charge is -2.17. The van der Waals surface area contributed by atoms with Crippen LogP contribution in [0.3, 0.4) is 0 Å². The second-order valence-corrected chi connectivity index (χ2v) is 7.67. The molecular weight excluding hydrogens is 306 g/mol. The van der Waals surface area contributed by atoms with Crippen LogP contribution in [0.5, 0.6) is 0 Å². The van der Waals surface area contributed by atoms with Gasteiger partial charge in [-0.2, -0.15) is 0 Å². The molecule has 0 saturated heterocycles. The first-order valence-corrected chi connectivity index (χ1v) is 8.87. The molecular formula is C15H19NO5S. The normalized spacial score (nSPS) is 21.5. The number of rotatable bonds is 5. The summed E-state index contributed by atoms with van der Waals surface area (Å²) in [5.41, 5.74) is 0.227. The lowest BCUT2D eigenvalue weighted by atomic mass is 10.0. The van der Waals surface area contributed by atoms with Gasteiger partial charge in [0.25, 0.3) is 5.91 Å². The molecule has 0 bridgehead atoms. The summed E-state index contributed by atoms with van der Waals surface area (Å²) in [5, 5.41) is 11.8. The maximum Gasteiger partial charge on any atom is 0.308 e. The van der Waals surface area contributed by atoms with E-state index < -0.39 is 33.7 Å². The van der Waals surface area contributed by atoms with Crippen molar-refractivity contribution in [2.75, 3.05) is 5.75 Å². The first kappa shape index (κ1) is 16.5. The predicted molar refractivity (Wildman–Crippen MR) is 80.4 cm³/mol. The molecule has 1 aromatic carbocycles. The van der Waals surface area contributed by atoms with Gasteiger partial charge in [0.1, 0.15) is 0 Å². The number of hydrogen-bond donors (Lipinski definition) is 2. The largest absolute Gasteiger partial charge is 0.481 e. The summed E-state index contributed by atoms with van der Waals surface area (Å²) in [5.74, 6) is -1.97. The highest BCUT2D eigenvalue weighted by Gasteiger charge is 2.34. The van der Waals surface area contributed by atoms with E-state index >= 15 is 0 Å². The van der Waals surface area contributed by atoms with E-state index in [2.05, 4.69) is 5.32 Å². The fourth-order valence-corrected chi connectivity index (χ4v) is 3.60. The van der Waals surface area contributed by atoms with Crippen molar-refractivity contribution in [3.63, 3.8) is 0 Å². The molecule has 22 heavy (non-hydrogen) atoms. The van der Waals surface area contributed by atoms with E-state index in [9.17, 15) is 18.0 Å². The Balaban J connectivity index is 2.17. The maximum atomic E-state index is 12.2. The van der Waals surface area contributed by atoms with Crippen LogP contribution in [0, 0.1) is 5.92 Å². The third-order valence-corrected chi connectivity index (χ3v) is 5.72. The summed E-state index contributed by atoms with van der Waals surface area (Å²) in [6.07, 6.45) is 1.92. The molecule has 0 aliphatic heterocycles. The van der Waals surface area contributed by atoms with Crippen molar-refractivity contribution in [1.82, 2.24) is 5.32 Å². The summed E-state index contributed by atoms with van der Waals surface area (Å²) < 4.78 is 23.7. The van der Waals surface area contributed by atoms with E-state index in [4.69, 9.17) is 5.11 Å². The van der Waals surface area contributed by atoms with Gasteiger partial charge in [0.2, 0.25) is 0 Å². The predicted octanol–water partition coefficient (Wildman–Crippen LogP) is 1.46. The molecule has 2 N–H and O–H groups in total. The van der Waals surface area contributed by atoms with E-state index in [0.29, 0.717) is 12.8 Å². The number of carbonyl (C=O) groups excluding carboxylic acids is 1. The van der Waals surface area contributed by atoms with Gasteiger partial charge >= 0.3 is 5.97 Å². The minimum Gasteiger partial charge on any atom is -0.481 e. The molecule has 0 unspecified atom stereocenters. The Hall–Kier alpha value is -1.89. The van der Waals surface area contributed by atoms with Crippen LogP contribution in [0.15, 0.2) is 29.2 Å². The SMILES string of the molecule is CCS(=O)(=O)c1cccc(C(=O)N[C@@H]2CCC[C@@H]2C(=O)O)c1. The Morgan fingerprint density at radius 1 is 1.32 bits per heavy atom. The van der Waals surface area contributed by atoms with Crippen molar-refractivity contribution in [3.8, 4) is 0 Å². The summed E-state index contributed by atoms with van der Waals surface area (Å²) in [7, 11) is -3.38. The Labute approximate surface area is 129 Å². The van der Waals surface area contributed by atoms with Crippen molar-refractivity contribution >= 4 is 21.7 Å². The summed E-state index contributed by atoms with van der Waals surface area (Å²) in [6.45, 7) is 1.54. The molecule has 7 heteroatoms. The quantitative estimate of drug-likeness (QED) is 0.853. The average Bonchev–Trinajstić information content (AvgIpc) is 2.95. The summed E-state index contributed by atoms with van der Waals surface area (Å²) in [4.78, 5) is 23.5. The van der Waals surface area contributed by atoms with Crippen molar-refractivity contribution in [1.29, 1.82) is 0 Å². The van der Waals surface area contributed by atoms with Gasteiger partial charge in [-0.05, 0) is 31.0 Å². The highest BCUT2D eigenvalue weighted by atomic mass is 32.2. The van der Waals surface area contributed by atoms with Crippen LogP contribution < -0.4 is 5.32 Å². The molecule has 0 aromatic heterocycles. The number of aliphatic carboxylic acids is 1. The molecule has 120 valence electrons. The van der Waals surface area contributed by atoms with Crippen LogP contribution in [-0.2, 0) is 14.6 Å². The number of nitrogens with one attached hydrogen (secondary N) is 1. The average molecular weight is 325 g/mol. The number of carboxylic acids is 1. The molecule has 0 spiro atoms. The summed E-state index contributed by atoms with van der Waals surface area (Å²) >= 11 is 0. The van der Waals surface area contributed by atoms with Gasteiger partial charge in [-0.15, -0.1) is 0 Å². The fourth-order valence-electron chi connectivity index (χ4n) is 2.68. The molecule has 2 atom stereocenters. The molecule has 1 fully saturated rings. The highest BCUT2D eigenvalue weighted by Crippen LogP contribution is 2.26. The Kier molecular flexibility index (Phi) is 4.85. The van der Waals surface area contributed by atoms with E-state index in [-0.39, 0.29) is 16.2 Å². The molecule has 1 aliphatic rings. The number of benzene rings is 1. The van der Waals surface area contributed by atoms with E-state index in [0.717, 1.165) is 6.42 Å². The third kappa shape index (κ3) is 3.47. The second kappa shape index (κ2) is 6.48. The minimum atomic E-state index is -3.38. The Morgan fingerprint density at radius 3 is 2.68 bits per heavy atom.